The first-order valence-electron chi connectivity index (χ1n) is 8.50. The van der Waals surface area contributed by atoms with Gasteiger partial charge in [-0.25, -0.2) is 4.39 Å². The normalized spacial score (nSPS) is 21.6. The summed E-state index contributed by atoms with van der Waals surface area (Å²) in [4.78, 5) is 2.54. The van der Waals surface area contributed by atoms with Crippen molar-refractivity contribution in [1.82, 2.24) is 4.90 Å². The van der Waals surface area contributed by atoms with Gasteiger partial charge >= 0.3 is 0 Å². The number of ether oxygens (including phenoxy) is 1. The maximum Gasteiger partial charge on any atom is 0.143 e. The number of nitrogens with zero attached hydrogens (tertiary/aromatic N) is 2. The van der Waals surface area contributed by atoms with Gasteiger partial charge in [0.05, 0.1) is 18.9 Å². The molecule has 0 bridgehead atoms. The van der Waals surface area contributed by atoms with Gasteiger partial charge in [-0.3, -0.25) is 4.90 Å². The zero-order valence-electron chi connectivity index (χ0n) is 13.5. The lowest BCUT2D eigenvalue weighted by atomic mass is 9.79. The molecule has 0 unspecified atom stereocenters. The first-order valence-corrected chi connectivity index (χ1v) is 8.50. The van der Waals surface area contributed by atoms with Crippen molar-refractivity contribution in [1.29, 1.82) is 5.26 Å². The molecule has 1 saturated carbocycles. The highest BCUT2D eigenvalue weighted by atomic mass is 19.1. The average Bonchev–Trinajstić information content (AvgIpc) is 2.61. The second-order valence-corrected chi connectivity index (χ2v) is 6.51. The van der Waals surface area contributed by atoms with Crippen LogP contribution in [-0.4, -0.2) is 43.3 Å². The maximum atomic E-state index is 13.8. The predicted molar refractivity (Wildman–Crippen MR) is 87.8 cm³/mol. The number of hydrogen-bond acceptors (Lipinski definition) is 4. The van der Waals surface area contributed by atoms with Crippen molar-refractivity contribution >= 4 is 5.69 Å². The van der Waals surface area contributed by atoms with Crippen molar-refractivity contribution in [3.05, 3.63) is 29.6 Å². The molecule has 3 rings (SSSR count). The van der Waals surface area contributed by atoms with E-state index in [4.69, 9.17) is 4.74 Å². The summed E-state index contributed by atoms with van der Waals surface area (Å²) in [7, 11) is 0. The fourth-order valence-electron chi connectivity index (χ4n) is 3.90. The minimum atomic E-state index is -0.457. The van der Waals surface area contributed by atoms with Crippen LogP contribution in [-0.2, 0) is 4.74 Å². The predicted octanol–water partition coefficient (Wildman–Crippen LogP) is 3.14. The first kappa shape index (κ1) is 16.2. The third-order valence-electron chi connectivity index (χ3n) is 5.20. The van der Waals surface area contributed by atoms with Crippen LogP contribution in [0.4, 0.5) is 10.1 Å². The van der Waals surface area contributed by atoms with Gasteiger partial charge in [0.25, 0.3) is 0 Å². The van der Waals surface area contributed by atoms with Crippen LogP contribution in [0, 0.1) is 17.1 Å². The Balaban J connectivity index is 1.77. The molecule has 0 atom stereocenters. The summed E-state index contributed by atoms with van der Waals surface area (Å²) >= 11 is 0. The Hall–Kier alpha value is -1.64. The molecule has 0 amide bonds. The van der Waals surface area contributed by atoms with E-state index in [0.29, 0.717) is 5.69 Å². The molecule has 1 aliphatic heterocycles. The van der Waals surface area contributed by atoms with Crippen LogP contribution in [0.15, 0.2) is 18.2 Å². The first-order chi connectivity index (χ1) is 11.2. The lowest BCUT2D eigenvalue weighted by Gasteiger charge is -2.48. The molecule has 2 aliphatic rings. The Kier molecular flexibility index (Phi) is 5.14. The molecule has 2 fully saturated rings. The van der Waals surface area contributed by atoms with Gasteiger partial charge in [-0.1, -0.05) is 25.3 Å². The van der Waals surface area contributed by atoms with Gasteiger partial charge in [-0.05, 0) is 25.0 Å². The molecule has 1 saturated heterocycles. The largest absolute Gasteiger partial charge is 0.382 e. The molecule has 0 radical (unpaired) electrons. The van der Waals surface area contributed by atoms with Crippen molar-refractivity contribution in [2.24, 2.45) is 0 Å². The topological polar surface area (TPSA) is 48.3 Å². The summed E-state index contributed by atoms with van der Waals surface area (Å²) < 4.78 is 19.3. The number of anilines is 1. The second-order valence-electron chi connectivity index (χ2n) is 6.51. The summed E-state index contributed by atoms with van der Waals surface area (Å²) in [5.74, 6) is -0.457. The van der Waals surface area contributed by atoms with Gasteiger partial charge in [-0.15, -0.1) is 0 Å². The molecule has 1 N–H and O–H groups in total. The van der Waals surface area contributed by atoms with Crippen molar-refractivity contribution in [3.8, 4) is 6.07 Å². The van der Waals surface area contributed by atoms with Crippen LogP contribution < -0.4 is 5.32 Å². The lowest BCUT2D eigenvalue weighted by molar-refractivity contribution is -0.0318. The third-order valence-corrected chi connectivity index (χ3v) is 5.20. The zero-order valence-corrected chi connectivity index (χ0v) is 13.5. The Bertz CT molecular complexity index is 572. The van der Waals surface area contributed by atoms with Crippen LogP contribution in [0.25, 0.3) is 0 Å². The van der Waals surface area contributed by atoms with Crippen molar-refractivity contribution in [3.63, 3.8) is 0 Å². The Morgan fingerprint density at radius 2 is 1.96 bits per heavy atom. The summed E-state index contributed by atoms with van der Waals surface area (Å²) in [5.41, 5.74) is 0.812. The molecular formula is C18H24FN3O. The Morgan fingerprint density at radius 3 is 2.65 bits per heavy atom. The summed E-state index contributed by atoms with van der Waals surface area (Å²) in [6.45, 7) is 4.23. The number of morpholine rings is 1. The molecule has 4 nitrogen and oxygen atoms in total. The lowest BCUT2D eigenvalue weighted by Crippen LogP contribution is -2.58. The average molecular weight is 317 g/mol. The highest BCUT2D eigenvalue weighted by molar-refractivity contribution is 5.58. The van der Waals surface area contributed by atoms with Crippen LogP contribution in [0.5, 0.6) is 0 Å². The van der Waals surface area contributed by atoms with Crippen molar-refractivity contribution in [2.75, 3.05) is 38.2 Å². The zero-order chi connectivity index (χ0) is 16.1. The van der Waals surface area contributed by atoms with E-state index in [-0.39, 0.29) is 11.1 Å². The van der Waals surface area contributed by atoms with E-state index >= 15 is 0 Å². The second kappa shape index (κ2) is 7.29. The molecule has 124 valence electrons. The van der Waals surface area contributed by atoms with E-state index in [0.717, 1.165) is 45.7 Å². The van der Waals surface area contributed by atoms with Gasteiger partial charge in [0.1, 0.15) is 17.4 Å². The Labute approximate surface area is 137 Å². The molecule has 23 heavy (non-hydrogen) atoms. The molecule has 1 aromatic carbocycles. The van der Waals surface area contributed by atoms with Gasteiger partial charge in [0, 0.05) is 25.2 Å². The molecule has 1 aliphatic carbocycles. The van der Waals surface area contributed by atoms with E-state index < -0.39 is 5.82 Å². The minimum Gasteiger partial charge on any atom is -0.382 e. The fourth-order valence-corrected chi connectivity index (χ4v) is 3.90. The Morgan fingerprint density at radius 1 is 1.22 bits per heavy atom. The molecule has 5 heteroatoms. The molecule has 0 aromatic heterocycles. The van der Waals surface area contributed by atoms with Crippen LogP contribution in [0.3, 0.4) is 0 Å². The van der Waals surface area contributed by atoms with Crippen molar-refractivity contribution in [2.45, 2.75) is 37.6 Å². The third kappa shape index (κ3) is 3.49. The van der Waals surface area contributed by atoms with E-state index in [1.807, 2.05) is 6.07 Å². The smallest absolute Gasteiger partial charge is 0.143 e. The highest BCUT2D eigenvalue weighted by Gasteiger charge is 2.38. The van der Waals surface area contributed by atoms with Gasteiger partial charge in [0.15, 0.2) is 0 Å². The van der Waals surface area contributed by atoms with E-state index in [1.54, 1.807) is 12.1 Å². The van der Waals surface area contributed by atoms with Gasteiger partial charge < -0.3 is 10.1 Å². The van der Waals surface area contributed by atoms with Crippen LogP contribution >= 0.6 is 0 Å². The fraction of sp³-hybridized carbons (Fsp3) is 0.611. The van der Waals surface area contributed by atoms with Gasteiger partial charge in [0.2, 0.25) is 0 Å². The van der Waals surface area contributed by atoms with E-state index in [2.05, 4.69) is 10.2 Å². The molecule has 1 heterocycles. The van der Waals surface area contributed by atoms with Crippen LogP contribution in [0.2, 0.25) is 0 Å². The number of rotatable bonds is 4. The standard InChI is InChI=1S/C18H24FN3O/c19-16-5-4-6-17(15(16)13-20)21-14-18(7-2-1-3-8-18)22-9-11-23-12-10-22/h4-6,21H,1-3,7-12,14H2. The summed E-state index contributed by atoms with van der Waals surface area (Å²) in [5, 5.41) is 12.6. The highest BCUT2D eigenvalue weighted by Crippen LogP contribution is 2.35. The summed E-state index contributed by atoms with van der Waals surface area (Å²) in [6, 6.07) is 6.75. The van der Waals surface area contributed by atoms with E-state index in [9.17, 15) is 9.65 Å². The quantitative estimate of drug-likeness (QED) is 0.927. The molecule has 0 spiro atoms. The maximum absolute atomic E-state index is 13.8. The molecule has 1 aromatic rings. The monoisotopic (exact) mass is 317 g/mol. The van der Waals surface area contributed by atoms with Crippen molar-refractivity contribution < 1.29 is 9.13 Å². The number of nitrogens with one attached hydrogen (secondary N) is 1. The molecular weight excluding hydrogens is 293 g/mol. The summed E-state index contributed by atoms with van der Waals surface area (Å²) in [6.07, 6.45) is 6.05. The SMILES string of the molecule is N#Cc1c(F)cccc1NCC1(N2CCOCC2)CCCCC1. The number of nitriles is 1. The van der Waals surface area contributed by atoms with Gasteiger partial charge in [-0.2, -0.15) is 5.26 Å². The number of halogens is 1. The number of benzene rings is 1. The number of hydrogen-bond donors (Lipinski definition) is 1. The van der Waals surface area contributed by atoms with Crippen LogP contribution in [0.1, 0.15) is 37.7 Å². The minimum absolute atomic E-state index is 0.0983. The van der Waals surface area contributed by atoms with E-state index in [1.165, 1.54) is 25.3 Å².